The molecule has 0 aromatic heterocycles. The summed E-state index contributed by atoms with van der Waals surface area (Å²) in [6.07, 6.45) is 2.02. The minimum Gasteiger partial charge on any atom is -0.379 e. The molecule has 0 amide bonds. The van der Waals surface area contributed by atoms with Crippen molar-refractivity contribution in [2.45, 2.75) is 19.8 Å². The van der Waals surface area contributed by atoms with Gasteiger partial charge in [0.05, 0.1) is 18.8 Å². The van der Waals surface area contributed by atoms with Gasteiger partial charge in [0.15, 0.2) is 5.78 Å². The minimum atomic E-state index is -0.868. The van der Waals surface area contributed by atoms with Gasteiger partial charge >= 0.3 is 0 Å². The number of carbonyl (C=O) groups excluding carboxylic acids is 1. The fourth-order valence-corrected chi connectivity index (χ4v) is 1.47. The van der Waals surface area contributed by atoms with E-state index in [4.69, 9.17) is 9.47 Å². The molecule has 0 atom stereocenters. The van der Waals surface area contributed by atoms with Crippen molar-refractivity contribution in [3.05, 3.63) is 35.4 Å². The molecule has 1 rings (SSSR count). The first-order valence-electron chi connectivity index (χ1n) is 6.29. The highest BCUT2D eigenvalue weighted by molar-refractivity contribution is 5.97. The van der Waals surface area contributed by atoms with Crippen molar-refractivity contribution < 1.29 is 23.0 Å². The lowest BCUT2D eigenvalue weighted by Gasteiger charge is -2.06. The number of rotatable bonds is 9. The molecule has 3 nitrogen and oxygen atoms in total. The lowest BCUT2D eigenvalue weighted by molar-refractivity contribution is 0.0429. The van der Waals surface area contributed by atoms with Crippen LogP contribution in [0.3, 0.4) is 0 Å². The Morgan fingerprint density at radius 2 is 1.74 bits per heavy atom. The van der Waals surface area contributed by atoms with E-state index in [9.17, 15) is 13.6 Å². The highest BCUT2D eigenvalue weighted by atomic mass is 19.1. The minimum absolute atomic E-state index is 0.228. The van der Waals surface area contributed by atoms with E-state index in [1.54, 1.807) is 0 Å². The Kier molecular flexibility index (Phi) is 7.22. The van der Waals surface area contributed by atoms with Crippen LogP contribution in [-0.2, 0) is 9.47 Å². The van der Waals surface area contributed by atoms with Gasteiger partial charge in [-0.3, -0.25) is 4.79 Å². The van der Waals surface area contributed by atoms with Crippen LogP contribution in [-0.4, -0.2) is 32.2 Å². The maximum Gasteiger partial charge on any atom is 0.194 e. The highest BCUT2D eigenvalue weighted by Gasteiger charge is 2.16. The Morgan fingerprint density at radius 3 is 2.37 bits per heavy atom. The van der Waals surface area contributed by atoms with Gasteiger partial charge in [0, 0.05) is 6.61 Å². The van der Waals surface area contributed by atoms with Gasteiger partial charge in [-0.25, -0.2) is 8.78 Å². The molecule has 0 saturated heterocycles. The molecule has 19 heavy (non-hydrogen) atoms. The Morgan fingerprint density at radius 1 is 1.11 bits per heavy atom. The maximum absolute atomic E-state index is 13.3. The van der Waals surface area contributed by atoms with Gasteiger partial charge in [-0.1, -0.05) is 19.4 Å². The number of Topliss-reactive ketones (excluding diaryl/α,β-unsaturated/α-hetero) is 1. The van der Waals surface area contributed by atoms with Crippen LogP contribution in [0.5, 0.6) is 0 Å². The van der Waals surface area contributed by atoms with E-state index >= 15 is 0 Å². The summed E-state index contributed by atoms with van der Waals surface area (Å²) in [6, 6.07) is 3.30. The lowest BCUT2D eigenvalue weighted by atomic mass is 10.1. The number of hydrogen-bond acceptors (Lipinski definition) is 3. The third kappa shape index (κ3) is 5.44. The fourth-order valence-electron chi connectivity index (χ4n) is 1.47. The molecule has 0 unspecified atom stereocenters. The van der Waals surface area contributed by atoms with E-state index in [0.717, 1.165) is 25.0 Å². The van der Waals surface area contributed by atoms with Crippen molar-refractivity contribution in [1.29, 1.82) is 0 Å². The topological polar surface area (TPSA) is 35.5 Å². The summed E-state index contributed by atoms with van der Waals surface area (Å²) in [7, 11) is 0. The monoisotopic (exact) mass is 272 g/mol. The first kappa shape index (κ1) is 15.7. The average Bonchev–Trinajstić information content (AvgIpc) is 2.37. The molecule has 5 heteroatoms. The second-order valence-electron chi connectivity index (χ2n) is 4.04. The zero-order chi connectivity index (χ0) is 14.1. The number of benzene rings is 1. The van der Waals surface area contributed by atoms with Crippen molar-refractivity contribution >= 4 is 5.78 Å². The predicted molar refractivity (Wildman–Crippen MR) is 67.2 cm³/mol. The Bertz CT molecular complexity index is 387. The molecule has 1 aromatic rings. The molecule has 1 aromatic carbocycles. The Labute approximate surface area is 111 Å². The second kappa shape index (κ2) is 8.72. The standard InChI is InChI=1S/C14H18F2O3/c1-2-3-7-18-8-9-19-10-13(17)14-11(15)5-4-6-12(14)16/h4-6H,2-3,7-10H2,1H3. The maximum atomic E-state index is 13.3. The number of carbonyl (C=O) groups is 1. The predicted octanol–water partition coefficient (Wildman–Crippen LogP) is 2.98. The van der Waals surface area contributed by atoms with Crippen LogP contribution in [0.1, 0.15) is 30.1 Å². The Balaban J connectivity index is 2.28. The summed E-state index contributed by atoms with van der Waals surface area (Å²) in [5.74, 6) is -2.44. The van der Waals surface area contributed by atoms with Crippen molar-refractivity contribution in [2.75, 3.05) is 26.4 Å². The molecule has 0 bridgehead atoms. The molecule has 0 fully saturated rings. The summed E-state index contributed by atoms with van der Waals surface area (Å²) >= 11 is 0. The van der Waals surface area contributed by atoms with Crippen molar-refractivity contribution in [3.8, 4) is 0 Å². The summed E-state index contributed by atoms with van der Waals surface area (Å²) in [6.45, 7) is 2.95. The molecular weight excluding hydrogens is 254 g/mol. The molecule has 0 saturated carbocycles. The third-order valence-corrected chi connectivity index (χ3v) is 2.49. The van der Waals surface area contributed by atoms with Gasteiger partial charge in [0.1, 0.15) is 18.2 Å². The van der Waals surface area contributed by atoms with Gasteiger partial charge in [-0.2, -0.15) is 0 Å². The molecule has 0 aliphatic heterocycles. The van der Waals surface area contributed by atoms with Crippen LogP contribution in [0.2, 0.25) is 0 Å². The first-order valence-corrected chi connectivity index (χ1v) is 6.29. The number of ether oxygens (including phenoxy) is 2. The van der Waals surface area contributed by atoms with E-state index in [1.165, 1.54) is 6.07 Å². The van der Waals surface area contributed by atoms with Crippen LogP contribution >= 0.6 is 0 Å². The van der Waals surface area contributed by atoms with Gasteiger partial charge in [-0.15, -0.1) is 0 Å². The number of hydrogen-bond donors (Lipinski definition) is 0. The molecule has 0 spiro atoms. The van der Waals surface area contributed by atoms with Gasteiger partial charge in [0.2, 0.25) is 0 Å². The smallest absolute Gasteiger partial charge is 0.194 e. The quantitative estimate of drug-likeness (QED) is 0.512. The number of ketones is 1. The molecule has 0 aliphatic rings. The van der Waals surface area contributed by atoms with E-state index in [-0.39, 0.29) is 13.2 Å². The van der Waals surface area contributed by atoms with Crippen LogP contribution in [0, 0.1) is 11.6 Å². The molecular formula is C14H18F2O3. The summed E-state index contributed by atoms with van der Waals surface area (Å²) in [5, 5.41) is 0. The average molecular weight is 272 g/mol. The van der Waals surface area contributed by atoms with E-state index in [1.807, 2.05) is 0 Å². The SMILES string of the molecule is CCCCOCCOCC(=O)c1c(F)cccc1F. The fraction of sp³-hybridized carbons (Fsp3) is 0.500. The van der Waals surface area contributed by atoms with Crippen LogP contribution < -0.4 is 0 Å². The largest absolute Gasteiger partial charge is 0.379 e. The van der Waals surface area contributed by atoms with E-state index in [0.29, 0.717) is 13.2 Å². The molecule has 106 valence electrons. The highest BCUT2D eigenvalue weighted by Crippen LogP contribution is 2.12. The molecule has 0 N–H and O–H groups in total. The van der Waals surface area contributed by atoms with Crippen molar-refractivity contribution in [2.24, 2.45) is 0 Å². The Hall–Kier alpha value is -1.33. The van der Waals surface area contributed by atoms with Gasteiger partial charge < -0.3 is 9.47 Å². The summed E-state index contributed by atoms with van der Waals surface area (Å²) in [4.78, 5) is 11.6. The van der Waals surface area contributed by atoms with E-state index in [2.05, 4.69) is 6.92 Å². The van der Waals surface area contributed by atoms with E-state index < -0.39 is 23.0 Å². The molecule has 0 aliphatic carbocycles. The normalized spacial score (nSPS) is 10.7. The third-order valence-electron chi connectivity index (χ3n) is 2.49. The first-order chi connectivity index (χ1) is 9.16. The zero-order valence-corrected chi connectivity index (χ0v) is 11.0. The molecule has 0 heterocycles. The molecule has 0 radical (unpaired) electrons. The number of unbranched alkanes of at least 4 members (excludes halogenated alkanes) is 1. The van der Waals surface area contributed by atoms with Gasteiger partial charge in [0.25, 0.3) is 0 Å². The zero-order valence-electron chi connectivity index (χ0n) is 11.0. The van der Waals surface area contributed by atoms with Crippen LogP contribution in [0.25, 0.3) is 0 Å². The number of halogens is 2. The van der Waals surface area contributed by atoms with Crippen molar-refractivity contribution in [1.82, 2.24) is 0 Å². The van der Waals surface area contributed by atoms with Crippen molar-refractivity contribution in [3.63, 3.8) is 0 Å². The van der Waals surface area contributed by atoms with Crippen LogP contribution in [0.4, 0.5) is 8.78 Å². The van der Waals surface area contributed by atoms with Crippen LogP contribution in [0.15, 0.2) is 18.2 Å². The second-order valence-corrected chi connectivity index (χ2v) is 4.04. The summed E-state index contributed by atoms with van der Waals surface area (Å²) in [5.41, 5.74) is -0.547. The van der Waals surface area contributed by atoms with Gasteiger partial charge in [-0.05, 0) is 18.6 Å². The lowest BCUT2D eigenvalue weighted by Crippen LogP contribution is -2.15. The summed E-state index contributed by atoms with van der Waals surface area (Å²) < 4.78 is 36.8.